The number of benzene rings is 1. The Kier molecular flexibility index (Phi) is 4.35. The molecule has 0 fully saturated rings. The van der Waals surface area contributed by atoms with Crippen LogP contribution in [0.3, 0.4) is 0 Å². The van der Waals surface area contributed by atoms with Crippen molar-refractivity contribution >= 4 is 22.1 Å². The molecular weight excluding hydrogens is 326 g/mol. The van der Waals surface area contributed by atoms with Gasteiger partial charge in [-0.3, -0.25) is 4.98 Å². The molecule has 120 valence electrons. The maximum Gasteiger partial charge on any atom is 0.285 e. The van der Waals surface area contributed by atoms with Gasteiger partial charge < -0.3 is 0 Å². The van der Waals surface area contributed by atoms with Crippen LogP contribution in [0.1, 0.15) is 17.5 Å². The summed E-state index contributed by atoms with van der Waals surface area (Å²) in [7, 11) is -3.73. The van der Waals surface area contributed by atoms with Gasteiger partial charge in [0.15, 0.2) is 5.84 Å². The van der Waals surface area contributed by atoms with Crippen molar-refractivity contribution in [3.63, 3.8) is 0 Å². The molecule has 1 aliphatic rings. The molecule has 0 amide bonds. The fourth-order valence-electron chi connectivity index (χ4n) is 2.24. The SMILES string of the molecule is N#CCCN(/N=C\c1cccnc1)C1=NS(=O)(=O)c2ccccc21. The predicted molar refractivity (Wildman–Crippen MR) is 88.9 cm³/mol. The van der Waals surface area contributed by atoms with Crippen LogP contribution < -0.4 is 0 Å². The minimum Gasteiger partial charge on any atom is -0.264 e. The van der Waals surface area contributed by atoms with E-state index in [0.717, 1.165) is 5.56 Å². The van der Waals surface area contributed by atoms with Gasteiger partial charge in [-0.05, 0) is 18.2 Å². The van der Waals surface area contributed by atoms with Gasteiger partial charge in [-0.15, -0.1) is 4.40 Å². The van der Waals surface area contributed by atoms with Gasteiger partial charge >= 0.3 is 0 Å². The van der Waals surface area contributed by atoms with E-state index in [0.29, 0.717) is 5.56 Å². The summed E-state index contributed by atoms with van der Waals surface area (Å²) in [5, 5.41) is 14.6. The van der Waals surface area contributed by atoms with Crippen LogP contribution in [0.15, 0.2) is 63.2 Å². The second kappa shape index (κ2) is 6.60. The van der Waals surface area contributed by atoms with Crippen molar-refractivity contribution < 1.29 is 8.42 Å². The molecule has 0 N–H and O–H groups in total. The number of hydrogen-bond acceptors (Lipinski definition) is 6. The molecule has 0 atom stereocenters. The molecule has 1 aromatic heterocycles. The van der Waals surface area contributed by atoms with Gasteiger partial charge in [0, 0.05) is 23.5 Å². The van der Waals surface area contributed by atoms with Gasteiger partial charge in [0.05, 0.1) is 25.2 Å². The Morgan fingerprint density at radius 3 is 2.83 bits per heavy atom. The number of hydrazone groups is 1. The molecular formula is C16H13N5O2S. The molecule has 1 aliphatic heterocycles. The Morgan fingerprint density at radius 1 is 1.25 bits per heavy atom. The zero-order valence-electron chi connectivity index (χ0n) is 12.6. The molecule has 0 spiro atoms. The molecule has 2 aromatic rings. The third-order valence-electron chi connectivity index (χ3n) is 3.32. The largest absolute Gasteiger partial charge is 0.285 e. The predicted octanol–water partition coefficient (Wildman–Crippen LogP) is 1.78. The van der Waals surface area contributed by atoms with E-state index in [1.165, 1.54) is 11.1 Å². The lowest BCUT2D eigenvalue weighted by molar-refractivity contribution is 0.459. The Morgan fingerprint density at radius 2 is 2.08 bits per heavy atom. The first-order valence-electron chi connectivity index (χ1n) is 7.15. The van der Waals surface area contributed by atoms with Crippen molar-refractivity contribution in [2.45, 2.75) is 11.3 Å². The summed E-state index contributed by atoms with van der Waals surface area (Å²) in [6.45, 7) is 0.232. The maximum absolute atomic E-state index is 12.2. The Bertz CT molecular complexity index is 946. The van der Waals surface area contributed by atoms with Gasteiger partial charge in [-0.2, -0.15) is 18.8 Å². The molecule has 0 radical (unpaired) electrons. The van der Waals surface area contributed by atoms with E-state index in [-0.39, 0.29) is 23.7 Å². The van der Waals surface area contributed by atoms with Crippen LogP contribution in [0.25, 0.3) is 0 Å². The lowest BCUT2D eigenvalue weighted by Gasteiger charge is -2.17. The summed E-state index contributed by atoms with van der Waals surface area (Å²) in [6, 6.07) is 12.2. The van der Waals surface area contributed by atoms with Crippen molar-refractivity contribution in [2.24, 2.45) is 9.50 Å². The number of rotatable bonds is 4. The molecule has 8 heteroatoms. The van der Waals surface area contributed by atoms with E-state index in [9.17, 15) is 8.42 Å². The summed E-state index contributed by atoms with van der Waals surface area (Å²) in [5.74, 6) is 0.223. The molecule has 1 aromatic carbocycles. The zero-order valence-corrected chi connectivity index (χ0v) is 13.4. The van der Waals surface area contributed by atoms with Crippen LogP contribution in [0.5, 0.6) is 0 Å². The van der Waals surface area contributed by atoms with Crippen LogP contribution in [0.4, 0.5) is 0 Å². The van der Waals surface area contributed by atoms with Gasteiger partial charge in [-0.1, -0.05) is 18.2 Å². The summed E-state index contributed by atoms with van der Waals surface area (Å²) in [6.07, 6.45) is 5.02. The van der Waals surface area contributed by atoms with Crippen molar-refractivity contribution in [3.8, 4) is 6.07 Å². The quantitative estimate of drug-likeness (QED) is 0.624. The zero-order chi connectivity index (χ0) is 17.0. The van der Waals surface area contributed by atoms with E-state index in [4.69, 9.17) is 5.26 Å². The van der Waals surface area contributed by atoms with E-state index in [1.807, 2.05) is 12.1 Å². The standard InChI is InChI=1S/C16H13N5O2S/c17-8-4-10-21(19-12-13-5-3-9-18-11-13)16-14-6-1-2-7-15(14)24(22,23)20-16/h1-3,5-7,9,11-12H,4,10H2/b19-12-. The maximum atomic E-state index is 12.2. The number of pyridine rings is 1. The Balaban J connectivity index is 1.98. The highest BCUT2D eigenvalue weighted by atomic mass is 32.2. The fraction of sp³-hybridized carbons (Fsp3) is 0.125. The lowest BCUT2D eigenvalue weighted by Crippen LogP contribution is -2.27. The highest BCUT2D eigenvalue weighted by Crippen LogP contribution is 2.27. The number of hydrogen-bond donors (Lipinski definition) is 0. The molecule has 7 nitrogen and oxygen atoms in total. The number of sulfonamides is 1. The van der Waals surface area contributed by atoms with E-state index in [2.05, 4.69) is 14.5 Å². The summed E-state index contributed by atoms with van der Waals surface area (Å²) in [5.41, 5.74) is 1.24. The Hall–Kier alpha value is -3.05. The topological polar surface area (TPSA) is 98.8 Å². The molecule has 0 bridgehead atoms. The minimum absolute atomic E-state index is 0.151. The van der Waals surface area contributed by atoms with Crippen molar-refractivity contribution in [2.75, 3.05) is 6.54 Å². The first-order chi connectivity index (χ1) is 11.6. The van der Waals surface area contributed by atoms with Gasteiger partial charge in [-0.25, -0.2) is 5.01 Å². The smallest absolute Gasteiger partial charge is 0.264 e. The molecule has 0 saturated heterocycles. The molecule has 3 rings (SSSR count). The highest BCUT2D eigenvalue weighted by molar-refractivity contribution is 7.90. The Labute approximate surface area is 139 Å². The van der Waals surface area contributed by atoms with E-state index < -0.39 is 10.0 Å². The van der Waals surface area contributed by atoms with Crippen molar-refractivity contribution in [1.29, 1.82) is 5.26 Å². The van der Waals surface area contributed by atoms with Crippen molar-refractivity contribution in [3.05, 3.63) is 59.9 Å². The average molecular weight is 339 g/mol. The third-order valence-corrected chi connectivity index (χ3v) is 4.65. The highest BCUT2D eigenvalue weighted by Gasteiger charge is 2.31. The number of fused-ring (bicyclic) bond motifs is 1. The summed E-state index contributed by atoms with van der Waals surface area (Å²) in [4.78, 5) is 4.14. The van der Waals surface area contributed by atoms with Crippen LogP contribution in [-0.2, 0) is 10.0 Å². The number of amidine groups is 1. The van der Waals surface area contributed by atoms with E-state index in [1.54, 1.807) is 42.9 Å². The van der Waals surface area contributed by atoms with Crippen LogP contribution in [0, 0.1) is 11.3 Å². The second-order valence-electron chi connectivity index (χ2n) is 4.95. The average Bonchev–Trinajstić information content (AvgIpc) is 2.88. The summed E-state index contributed by atoms with van der Waals surface area (Å²) >= 11 is 0. The molecule has 0 aliphatic carbocycles. The van der Waals surface area contributed by atoms with Gasteiger partial charge in [0.1, 0.15) is 4.90 Å². The first kappa shape index (κ1) is 15.8. The minimum atomic E-state index is -3.73. The fourth-order valence-corrected chi connectivity index (χ4v) is 3.44. The normalized spacial score (nSPS) is 14.9. The van der Waals surface area contributed by atoms with Crippen LogP contribution >= 0.6 is 0 Å². The number of nitrogens with zero attached hydrogens (tertiary/aromatic N) is 5. The monoisotopic (exact) mass is 339 g/mol. The lowest BCUT2D eigenvalue weighted by atomic mass is 10.2. The number of aromatic nitrogens is 1. The molecule has 24 heavy (non-hydrogen) atoms. The van der Waals surface area contributed by atoms with Crippen LogP contribution in [-0.4, -0.2) is 37.0 Å². The second-order valence-corrected chi connectivity index (χ2v) is 6.52. The number of nitriles is 1. The summed E-state index contributed by atoms with van der Waals surface area (Å²) < 4.78 is 28.2. The third kappa shape index (κ3) is 3.16. The van der Waals surface area contributed by atoms with Gasteiger partial charge in [0.2, 0.25) is 0 Å². The van der Waals surface area contributed by atoms with Gasteiger partial charge in [0.25, 0.3) is 10.0 Å². The van der Waals surface area contributed by atoms with Crippen molar-refractivity contribution in [1.82, 2.24) is 9.99 Å². The molecule has 0 unspecified atom stereocenters. The first-order valence-corrected chi connectivity index (χ1v) is 8.59. The molecule has 2 heterocycles. The van der Waals surface area contributed by atoms with Crippen LogP contribution in [0.2, 0.25) is 0 Å². The van der Waals surface area contributed by atoms with E-state index >= 15 is 0 Å². The molecule has 0 saturated carbocycles.